The summed E-state index contributed by atoms with van der Waals surface area (Å²) in [5.74, 6) is 0.731. The standard InChI is InChI=1S/C12H28N2/c1-6-7-8-9-14(5)12(10-13-4)11(2)3/h11-13H,6-10H2,1-5H3. The number of likely N-dealkylation sites (N-methyl/N-ethyl adjacent to an activating group) is 2. The summed E-state index contributed by atoms with van der Waals surface area (Å²) in [5, 5.41) is 3.28. The van der Waals surface area contributed by atoms with E-state index >= 15 is 0 Å². The predicted octanol–water partition coefficient (Wildman–Crippen LogP) is 2.35. The van der Waals surface area contributed by atoms with Crippen LogP contribution < -0.4 is 5.32 Å². The second-order valence-electron chi connectivity index (χ2n) is 4.56. The summed E-state index contributed by atoms with van der Waals surface area (Å²) < 4.78 is 0. The van der Waals surface area contributed by atoms with Gasteiger partial charge in [-0.1, -0.05) is 33.6 Å². The number of rotatable bonds is 8. The summed E-state index contributed by atoms with van der Waals surface area (Å²) >= 11 is 0. The van der Waals surface area contributed by atoms with Gasteiger partial charge in [0.15, 0.2) is 0 Å². The van der Waals surface area contributed by atoms with Crippen LogP contribution in [0.2, 0.25) is 0 Å². The van der Waals surface area contributed by atoms with E-state index in [9.17, 15) is 0 Å². The molecule has 0 aliphatic heterocycles. The van der Waals surface area contributed by atoms with Crippen molar-refractivity contribution in [1.29, 1.82) is 0 Å². The lowest BCUT2D eigenvalue weighted by atomic mass is 10.0. The van der Waals surface area contributed by atoms with Crippen molar-refractivity contribution < 1.29 is 0 Å². The number of unbranched alkanes of at least 4 members (excludes halogenated alkanes) is 2. The molecule has 0 amide bonds. The van der Waals surface area contributed by atoms with E-state index in [0.717, 1.165) is 12.5 Å². The molecule has 0 fully saturated rings. The van der Waals surface area contributed by atoms with Crippen LogP contribution in [0, 0.1) is 5.92 Å². The molecule has 2 nitrogen and oxygen atoms in total. The highest BCUT2D eigenvalue weighted by atomic mass is 15.1. The van der Waals surface area contributed by atoms with Crippen molar-refractivity contribution in [2.24, 2.45) is 5.92 Å². The maximum absolute atomic E-state index is 3.28. The third kappa shape index (κ3) is 5.61. The lowest BCUT2D eigenvalue weighted by Crippen LogP contribution is -2.43. The molecular formula is C12H28N2. The first-order valence-electron chi connectivity index (χ1n) is 5.98. The van der Waals surface area contributed by atoms with Gasteiger partial charge in [-0.2, -0.15) is 0 Å². The molecule has 0 radical (unpaired) electrons. The van der Waals surface area contributed by atoms with Crippen molar-refractivity contribution in [3.63, 3.8) is 0 Å². The van der Waals surface area contributed by atoms with E-state index in [1.807, 2.05) is 7.05 Å². The van der Waals surface area contributed by atoms with Crippen LogP contribution in [0.4, 0.5) is 0 Å². The Morgan fingerprint density at radius 3 is 2.29 bits per heavy atom. The Hall–Kier alpha value is -0.0800. The molecule has 0 saturated heterocycles. The van der Waals surface area contributed by atoms with Gasteiger partial charge in [0, 0.05) is 12.6 Å². The van der Waals surface area contributed by atoms with E-state index in [2.05, 4.69) is 38.0 Å². The molecule has 0 rings (SSSR count). The number of hydrogen-bond acceptors (Lipinski definition) is 2. The SMILES string of the molecule is CCCCCN(C)C(CNC)C(C)C. The molecule has 86 valence electrons. The topological polar surface area (TPSA) is 15.3 Å². The summed E-state index contributed by atoms with van der Waals surface area (Å²) in [5.41, 5.74) is 0. The molecule has 0 aromatic carbocycles. The minimum atomic E-state index is 0.678. The molecule has 14 heavy (non-hydrogen) atoms. The minimum absolute atomic E-state index is 0.678. The van der Waals surface area contributed by atoms with Crippen LogP contribution in [0.3, 0.4) is 0 Å². The fraction of sp³-hybridized carbons (Fsp3) is 1.00. The molecular weight excluding hydrogens is 172 g/mol. The van der Waals surface area contributed by atoms with Gasteiger partial charge in [-0.25, -0.2) is 0 Å². The van der Waals surface area contributed by atoms with Crippen LogP contribution in [0.25, 0.3) is 0 Å². The van der Waals surface area contributed by atoms with E-state index < -0.39 is 0 Å². The maximum atomic E-state index is 3.28. The Labute approximate surface area is 90.1 Å². The first-order chi connectivity index (χ1) is 6.63. The van der Waals surface area contributed by atoms with Crippen LogP contribution >= 0.6 is 0 Å². The number of nitrogens with one attached hydrogen (secondary N) is 1. The molecule has 0 aromatic rings. The zero-order valence-corrected chi connectivity index (χ0v) is 10.6. The fourth-order valence-electron chi connectivity index (χ4n) is 1.89. The minimum Gasteiger partial charge on any atom is -0.318 e. The normalized spacial score (nSPS) is 13.9. The smallest absolute Gasteiger partial charge is 0.0240 e. The van der Waals surface area contributed by atoms with Crippen molar-refractivity contribution >= 4 is 0 Å². The Morgan fingerprint density at radius 2 is 1.86 bits per heavy atom. The molecule has 2 heteroatoms. The van der Waals surface area contributed by atoms with Crippen LogP contribution in [0.5, 0.6) is 0 Å². The van der Waals surface area contributed by atoms with Crippen molar-refractivity contribution in [3.8, 4) is 0 Å². The quantitative estimate of drug-likeness (QED) is 0.605. The fourth-order valence-corrected chi connectivity index (χ4v) is 1.89. The van der Waals surface area contributed by atoms with Gasteiger partial charge < -0.3 is 10.2 Å². The van der Waals surface area contributed by atoms with Gasteiger partial charge in [-0.3, -0.25) is 0 Å². The Balaban J connectivity index is 3.82. The highest BCUT2D eigenvalue weighted by Crippen LogP contribution is 2.09. The van der Waals surface area contributed by atoms with Crippen molar-refractivity contribution in [3.05, 3.63) is 0 Å². The number of nitrogens with zero attached hydrogens (tertiary/aromatic N) is 1. The van der Waals surface area contributed by atoms with Gasteiger partial charge in [-0.05, 0) is 33.0 Å². The molecule has 0 bridgehead atoms. The van der Waals surface area contributed by atoms with Crippen molar-refractivity contribution in [2.45, 2.75) is 46.1 Å². The van der Waals surface area contributed by atoms with Crippen LogP contribution in [-0.4, -0.2) is 38.1 Å². The summed E-state index contributed by atoms with van der Waals surface area (Å²) in [6.45, 7) is 9.20. The van der Waals surface area contributed by atoms with Gasteiger partial charge in [0.05, 0.1) is 0 Å². The summed E-state index contributed by atoms with van der Waals surface area (Å²) in [6, 6.07) is 0.678. The highest BCUT2D eigenvalue weighted by Gasteiger charge is 2.16. The lowest BCUT2D eigenvalue weighted by molar-refractivity contribution is 0.186. The zero-order valence-electron chi connectivity index (χ0n) is 10.6. The second-order valence-corrected chi connectivity index (χ2v) is 4.56. The summed E-state index contributed by atoms with van der Waals surface area (Å²) in [7, 11) is 4.28. The number of hydrogen-bond donors (Lipinski definition) is 1. The largest absolute Gasteiger partial charge is 0.318 e. The van der Waals surface area contributed by atoms with E-state index in [0.29, 0.717) is 6.04 Å². The molecule has 0 aliphatic rings. The van der Waals surface area contributed by atoms with Crippen molar-refractivity contribution in [2.75, 3.05) is 27.2 Å². The van der Waals surface area contributed by atoms with Crippen LogP contribution in [-0.2, 0) is 0 Å². The monoisotopic (exact) mass is 200 g/mol. The molecule has 1 atom stereocenters. The highest BCUT2D eigenvalue weighted by molar-refractivity contribution is 4.73. The Kier molecular flexibility index (Phi) is 8.20. The average Bonchev–Trinajstić information content (AvgIpc) is 2.13. The first-order valence-corrected chi connectivity index (χ1v) is 5.98. The molecule has 0 heterocycles. The van der Waals surface area contributed by atoms with E-state index in [1.54, 1.807) is 0 Å². The van der Waals surface area contributed by atoms with Crippen LogP contribution in [0.1, 0.15) is 40.0 Å². The predicted molar refractivity (Wildman–Crippen MR) is 64.7 cm³/mol. The molecule has 0 aliphatic carbocycles. The Bertz CT molecular complexity index is 123. The first kappa shape index (κ1) is 13.9. The third-order valence-electron chi connectivity index (χ3n) is 2.86. The van der Waals surface area contributed by atoms with Gasteiger partial charge in [0.2, 0.25) is 0 Å². The average molecular weight is 200 g/mol. The van der Waals surface area contributed by atoms with Gasteiger partial charge >= 0.3 is 0 Å². The molecule has 0 aromatic heterocycles. The van der Waals surface area contributed by atoms with E-state index in [4.69, 9.17) is 0 Å². The van der Waals surface area contributed by atoms with Crippen molar-refractivity contribution in [1.82, 2.24) is 10.2 Å². The third-order valence-corrected chi connectivity index (χ3v) is 2.86. The van der Waals surface area contributed by atoms with E-state index in [1.165, 1.54) is 25.8 Å². The maximum Gasteiger partial charge on any atom is 0.0240 e. The van der Waals surface area contributed by atoms with Gasteiger partial charge in [0.25, 0.3) is 0 Å². The van der Waals surface area contributed by atoms with Crippen LogP contribution in [0.15, 0.2) is 0 Å². The summed E-state index contributed by atoms with van der Waals surface area (Å²) in [6.07, 6.45) is 4.00. The summed E-state index contributed by atoms with van der Waals surface area (Å²) in [4.78, 5) is 2.50. The van der Waals surface area contributed by atoms with Gasteiger partial charge in [-0.15, -0.1) is 0 Å². The van der Waals surface area contributed by atoms with Gasteiger partial charge in [0.1, 0.15) is 0 Å². The van der Waals surface area contributed by atoms with E-state index in [-0.39, 0.29) is 0 Å². The Morgan fingerprint density at radius 1 is 1.21 bits per heavy atom. The molecule has 0 saturated carbocycles. The second kappa shape index (κ2) is 8.25. The lowest BCUT2D eigenvalue weighted by Gasteiger charge is -2.31. The molecule has 0 spiro atoms. The molecule has 1 unspecified atom stereocenters. The zero-order chi connectivity index (χ0) is 11.0. The molecule has 1 N–H and O–H groups in total.